The number of carbonyl (C=O) groups is 1. The van der Waals surface area contributed by atoms with Gasteiger partial charge in [0.1, 0.15) is 11.8 Å². The van der Waals surface area contributed by atoms with Gasteiger partial charge in [0.2, 0.25) is 5.91 Å². The number of likely N-dealkylation sites (N-methyl/N-ethyl adjacent to an activating group) is 1. The Labute approximate surface area is 138 Å². The fourth-order valence-electron chi connectivity index (χ4n) is 5.17. The first-order valence-electron chi connectivity index (χ1n) is 9.38. The molecule has 3 atom stereocenters. The minimum atomic E-state index is -0.311. The summed E-state index contributed by atoms with van der Waals surface area (Å²) in [6, 6.07) is 2.59. The van der Waals surface area contributed by atoms with Gasteiger partial charge in [0.25, 0.3) is 0 Å². The number of amides is 1. The maximum absolute atomic E-state index is 13.4. The summed E-state index contributed by atoms with van der Waals surface area (Å²) >= 11 is 0. The smallest absolute Gasteiger partial charge is 0.248 e. The molecule has 2 fully saturated rings. The molecule has 1 amide bonds. The van der Waals surface area contributed by atoms with E-state index >= 15 is 0 Å². The maximum Gasteiger partial charge on any atom is 0.248 e. The number of hydrogen-bond donors (Lipinski definition) is 1. The van der Waals surface area contributed by atoms with Gasteiger partial charge in [-0.3, -0.25) is 4.79 Å². The van der Waals surface area contributed by atoms with Gasteiger partial charge in [-0.2, -0.15) is 0 Å². The molecule has 23 heavy (non-hydrogen) atoms. The average Bonchev–Trinajstić information content (AvgIpc) is 3.10. The first-order chi connectivity index (χ1) is 11.3. The van der Waals surface area contributed by atoms with E-state index in [1.54, 1.807) is 6.26 Å². The highest BCUT2D eigenvalue weighted by atomic mass is 16.3. The number of rotatable bonds is 2. The summed E-state index contributed by atoms with van der Waals surface area (Å²) in [6.07, 6.45) is 12.8. The molecule has 126 valence electrons. The third-order valence-corrected chi connectivity index (χ3v) is 6.23. The van der Waals surface area contributed by atoms with Gasteiger partial charge in [-0.05, 0) is 38.8 Å². The summed E-state index contributed by atoms with van der Waals surface area (Å²) < 4.78 is 5.77. The summed E-state index contributed by atoms with van der Waals surface area (Å²) in [5, 5.41) is 3.23. The van der Waals surface area contributed by atoms with Crippen molar-refractivity contribution in [2.75, 3.05) is 7.05 Å². The van der Waals surface area contributed by atoms with Crippen molar-refractivity contribution in [2.45, 2.75) is 81.8 Å². The van der Waals surface area contributed by atoms with E-state index in [0.29, 0.717) is 18.0 Å². The molecule has 2 heterocycles. The van der Waals surface area contributed by atoms with Gasteiger partial charge >= 0.3 is 0 Å². The first-order valence-corrected chi connectivity index (χ1v) is 9.38. The summed E-state index contributed by atoms with van der Waals surface area (Å²) in [7, 11) is 1.88. The van der Waals surface area contributed by atoms with Crippen molar-refractivity contribution in [1.82, 2.24) is 10.2 Å². The van der Waals surface area contributed by atoms with E-state index in [4.69, 9.17) is 4.42 Å². The van der Waals surface area contributed by atoms with Crippen molar-refractivity contribution in [3.05, 3.63) is 23.7 Å². The van der Waals surface area contributed by atoms with Crippen molar-refractivity contribution in [3.63, 3.8) is 0 Å². The van der Waals surface area contributed by atoms with Crippen molar-refractivity contribution in [1.29, 1.82) is 0 Å². The molecular weight excluding hydrogens is 288 g/mol. The van der Waals surface area contributed by atoms with Gasteiger partial charge in [0.05, 0.1) is 6.26 Å². The first kappa shape index (κ1) is 15.3. The van der Waals surface area contributed by atoms with E-state index in [1.807, 2.05) is 7.05 Å². The standard InChI is InChI=1S/C19H28N2O2/c1-20-17-18-15(11-12-23-18)14-9-6-10-16(14)21(19(17)22)13-7-4-2-3-5-8-13/h11-14,16-17,20H,2-10H2,1H3. The molecular formula is C19H28N2O2. The van der Waals surface area contributed by atoms with Crippen molar-refractivity contribution in [2.24, 2.45) is 0 Å². The Morgan fingerprint density at radius 2 is 1.87 bits per heavy atom. The van der Waals surface area contributed by atoms with Crippen LogP contribution in [0.5, 0.6) is 0 Å². The predicted octanol–water partition coefficient (Wildman–Crippen LogP) is 3.74. The molecule has 0 aromatic carbocycles. The van der Waals surface area contributed by atoms with E-state index in [0.717, 1.165) is 12.2 Å². The van der Waals surface area contributed by atoms with Crippen LogP contribution in [0.3, 0.4) is 0 Å². The lowest BCUT2D eigenvalue weighted by Crippen LogP contribution is -2.50. The number of fused-ring (bicyclic) bond motifs is 3. The van der Waals surface area contributed by atoms with Crippen LogP contribution in [0.15, 0.2) is 16.7 Å². The van der Waals surface area contributed by atoms with Gasteiger partial charge in [-0.25, -0.2) is 0 Å². The molecule has 3 unspecified atom stereocenters. The van der Waals surface area contributed by atoms with E-state index < -0.39 is 0 Å². The summed E-state index contributed by atoms with van der Waals surface area (Å²) in [4.78, 5) is 15.7. The van der Waals surface area contributed by atoms with Gasteiger partial charge in [0.15, 0.2) is 0 Å². The van der Waals surface area contributed by atoms with E-state index in [1.165, 1.54) is 56.9 Å². The number of nitrogens with zero attached hydrogens (tertiary/aromatic N) is 1. The van der Waals surface area contributed by atoms with Gasteiger partial charge in [-0.15, -0.1) is 0 Å². The zero-order valence-electron chi connectivity index (χ0n) is 14.1. The number of carbonyl (C=O) groups excluding carboxylic acids is 1. The van der Waals surface area contributed by atoms with Gasteiger partial charge in [-0.1, -0.05) is 32.1 Å². The number of nitrogens with one attached hydrogen (secondary N) is 1. The molecule has 2 saturated carbocycles. The highest BCUT2D eigenvalue weighted by Gasteiger charge is 2.46. The predicted molar refractivity (Wildman–Crippen MR) is 89.2 cm³/mol. The van der Waals surface area contributed by atoms with Crippen molar-refractivity contribution in [3.8, 4) is 0 Å². The summed E-state index contributed by atoms with van der Waals surface area (Å²) in [5.74, 6) is 1.57. The molecule has 4 nitrogen and oxygen atoms in total. The van der Waals surface area contributed by atoms with Crippen LogP contribution in [0.25, 0.3) is 0 Å². The van der Waals surface area contributed by atoms with Crippen LogP contribution in [0, 0.1) is 0 Å². The topological polar surface area (TPSA) is 45.5 Å². The maximum atomic E-state index is 13.4. The molecule has 1 N–H and O–H groups in total. The Morgan fingerprint density at radius 3 is 2.61 bits per heavy atom. The summed E-state index contributed by atoms with van der Waals surface area (Å²) in [5.41, 5.74) is 1.27. The highest BCUT2D eigenvalue weighted by molar-refractivity contribution is 5.84. The third-order valence-electron chi connectivity index (χ3n) is 6.23. The fourth-order valence-corrected chi connectivity index (χ4v) is 5.17. The Bertz CT molecular complexity index is 559. The molecule has 0 saturated heterocycles. The molecule has 1 aromatic rings. The zero-order chi connectivity index (χ0) is 15.8. The number of hydrogen-bond acceptors (Lipinski definition) is 3. The lowest BCUT2D eigenvalue weighted by Gasteiger charge is -2.38. The van der Waals surface area contributed by atoms with Crippen LogP contribution in [-0.2, 0) is 4.79 Å². The Hall–Kier alpha value is -1.29. The van der Waals surface area contributed by atoms with Crippen LogP contribution in [0.4, 0.5) is 0 Å². The summed E-state index contributed by atoms with van der Waals surface area (Å²) in [6.45, 7) is 0. The second-order valence-electron chi connectivity index (χ2n) is 7.46. The van der Waals surface area contributed by atoms with Crippen molar-refractivity contribution < 1.29 is 9.21 Å². The van der Waals surface area contributed by atoms with Crippen LogP contribution >= 0.6 is 0 Å². The normalized spacial score (nSPS) is 32.3. The van der Waals surface area contributed by atoms with Crippen LogP contribution in [0.1, 0.15) is 81.1 Å². The molecule has 2 aliphatic carbocycles. The zero-order valence-corrected chi connectivity index (χ0v) is 14.1. The SMILES string of the molecule is CNC1C(=O)N(C2CCCCCC2)C2CCCC2c2ccoc21. The molecule has 0 radical (unpaired) electrons. The van der Waals surface area contributed by atoms with Crippen molar-refractivity contribution >= 4 is 5.91 Å². The van der Waals surface area contributed by atoms with E-state index in [9.17, 15) is 4.79 Å². The molecule has 4 heteroatoms. The fraction of sp³-hybridized carbons (Fsp3) is 0.737. The van der Waals surface area contributed by atoms with Crippen LogP contribution in [-0.4, -0.2) is 29.9 Å². The average molecular weight is 316 g/mol. The van der Waals surface area contributed by atoms with E-state index in [2.05, 4.69) is 16.3 Å². The molecule has 0 bridgehead atoms. The molecule has 1 aromatic heterocycles. The number of furan rings is 1. The highest BCUT2D eigenvalue weighted by Crippen LogP contribution is 2.46. The lowest BCUT2D eigenvalue weighted by molar-refractivity contribution is -0.139. The lowest BCUT2D eigenvalue weighted by atomic mass is 9.93. The van der Waals surface area contributed by atoms with E-state index in [-0.39, 0.29) is 11.9 Å². The van der Waals surface area contributed by atoms with Gasteiger partial charge < -0.3 is 14.6 Å². The largest absolute Gasteiger partial charge is 0.467 e. The van der Waals surface area contributed by atoms with Crippen LogP contribution < -0.4 is 5.32 Å². The second kappa shape index (κ2) is 6.31. The minimum Gasteiger partial charge on any atom is -0.467 e. The van der Waals surface area contributed by atoms with Crippen LogP contribution in [0.2, 0.25) is 0 Å². The minimum absolute atomic E-state index is 0.241. The molecule has 4 rings (SSSR count). The molecule has 1 aliphatic heterocycles. The monoisotopic (exact) mass is 316 g/mol. The third kappa shape index (κ3) is 2.51. The quantitative estimate of drug-likeness (QED) is 0.845. The Kier molecular flexibility index (Phi) is 4.18. The Balaban J connectivity index is 1.73. The Morgan fingerprint density at radius 1 is 1.09 bits per heavy atom. The second-order valence-corrected chi connectivity index (χ2v) is 7.46. The molecule has 0 spiro atoms. The molecule has 3 aliphatic rings. The van der Waals surface area contributed by atoms with Gasteiger partial charge in [0, 0.05) is 23.6 Å².